The average Bonchev–Trinajstić information content (AvgIpc) is 2.82. The molecule has 0 N–H and O–H groups in total. The van der Waals surface area contributed by atoms with Gasteiger partial charge in [-0.05, 0) is 5.56 Å². The van der Waals surface area contributed by atoms with Crippen LogP contribution in [0, 0.1) is 0 Å². The maximum Gasteiger partial charge on any atom is 0.300 e. The van der Waals surface area contributed by atoms with Crippen molar-refractivity contribution in [2.75, 3.05) is 6.61 Å². The minimum absolute atomic E-state index is 0.0852. The first-order valence-corrected chi connectivity index (χ1v) is 6.17. The van der Waals surface area contributed by atoms with E-state index < -0.39 is 0 Å². The second-order valence-electron chi connectivity index (χ2n) is 4.44. The van der Waals surface area contributed by atoms with E-state index in [9.17, 15) is 4.79 Å². The van der Waals surface area contributed by atoms with Gasteiger partial charge >= 0.3 is 0 Å². The van der Waals surface area contributed by atoms with E-state index in [0.29, 0.717) is 25.8 Å². The van der Waals surface area contributed by atoms with E-state index in [2.05, 4.69) is 4.98 Å². The van der Waals surface area contributed by atoms with Crippen molar-refractivity contribution in [3.8, 4) is 6.01 Å². The summed E-state index contributed by atoms with van der Waals surface area (Å²) in [6, 6.07) is 11.8. The monoisotopic (exact) mass is 258 g/mol. The Kier molecular flexibility index (Phi) is 3.29. The van der Waals surface area contributed by atoms with E-state index >= 15 is 0 Å². The minimum atomic E-state index is -0.280. The molecule has 1 aliphatic rings. The maximum absolute atomic E-state index is 11.1. The Labute approximate surface area is 110 Å². The zero-order valence-corrected chi connectivity index (χ0v) is 10.4. The summed E-state index contributed by atoms with van der Waals surface area (Å²) < 4.78 is 13.0. The molecule has 0 amide bonds. The van der Waals surface area contributed by atoms with Gasteiger partial charge in [0, 0.05) is 12.3 Å². The SMILES string of the molecule is O=c1ccn2c(n1)OC(COCc1ccccc1)C2. The van der Waals surface area contributed by atoms with E-state index in [1.54, 1.807) is 6.20 Å². The van der Waals surface area contributed by atoms with Crippen molar-refractivity contribution < 1.29 is 9.47 Å². The number of nitrogens with zero attached hydrogens (tertiary/aromatic N) is 2. The van der Waals surface area contributed by atoms with Crippen molar-refractivity contribution in [3.63, 3.8) is 0 Å². The average molecular weight is 258 g/mol. The lowest BCUT2D eigenvalue weighted by molar-refractivity contribution is 0.0487. The van der Waals surface area contributed by atoms with Gasteiger partial charge in [-0.15, -0.1) is 0 Å². The summed E-state index contributed by atoms with van der Waals surface area (Å²) in [7, 11) is 0. The Morgan fingerprint density at radius 3 is 3.00 bits per heavy atom. The van der Waals surface area contributed by atoms with E-state index in [4.69, 9.17) is 9.47 Å². The summed E-state index contributed by atoms with van der Waals surface area (Å²) in [5, 5.41) is 0. The minimum Gasteiger partial charge on any atom is -0.457 e. The molecule has 1 aliphatic heterocycles. The van der Waals surface area contributed by atoms with Crippen LogP contribution in [0.3, 0.4) is 0 Å². The molecule has 1 aromatic carbocycles. The van der Waals surface area contributed by atoms with Crippen LogP contribution in [0.5, 0.6) is 6.01 Å². The predicted octanol–water partition coefficient (Wildman–Crippen LogP) is 1.22. The lowest BCUT2D eigenvalue weighted by atomic mass is 10.2. The topological polar surface area (TPSA) is 53.4 Å². The van der Waals surface area contributed by atoms with Crippen LogP contribution >= 0.6 is 0 Å². The molecule has 2 heterocycles. The highest BCUT2D eigenvalue weighted by molar-refractivity contribution is 5.13. The quantitative estimate of drug-likeness (QED) is 0.827. The van der Waals surface area contributed by atoms with Gasteiger partial charge in [0.05, 0.1) is 19.8 Å². The number of rotatable bonds is 4. The molecule has 98 valence electrons. The number of benzene rings is 1. The number of hydrogen-bond donors (Lipinski definition) is 0. The third kappa shape index (κ3) is 2.82. The van der Waals surface area contributed by atoms with Crippen molar-refractivity contribution in [2.45, 2.75) is 19.3 Å². The second-order valence-corrected chi connectivity index (χ2v) is 4.44. The summed E-state index contributed by atoms with van der Waals surface area (Å²) >= 11 is 0. The predicted molar refractivity (Wildman–Crippen MR) is 69.0 cm³/mol. The van der Waals surface area contributed by atoms with Crippen LogP contribution in [0.1, 0.15) is 5.56 Å². The second kappa shape index (κ2) is 5.24. The Balaban J connectivity index is 1.52. The molecule has 0 saturated heterocycles. The molecule has 0 bridgehead atoms. The van der Waals surface area contributed by atoms with Crippen LogP contribution in [-0.4, -0.2) is 22.3 Å². The molecule has 0 spiro atoms. The van der Waals surface area contributed by atoms with Gasteiger partial charge in [-0.3, -0.25) is 9.36 Å². The first-order valence-electron chi connectivity index (χ1n) is 6.17. The molecule has 5 heteroatoms. The van der Waals surface area contributed by atoms with Crippen molar-refractivity contribution in [2.24, 2.45) is 0 Å². The van der Waals surface area contributed by atoms with Gasteiger partial charge in [-0.25, -0.2) is 0 Å². The fourth-order valence-corrected chi connectivity index (χ4v) is 2.02. The number of ether oxygens (including phenoxy) is 2. The number of aromatic nitrogens is 2. The first kappa shape index (κ1) is 11.9. The standard InChI is InChI=1S/C14H14N2O3/c17-13-6-7-16-8-12(19-14(16)15-13)10-18-9-11-4-2-1-3-5-11/h1-7,12H,8-10H2. The highest BCUT2D eigenvalue weighted by Crippen LogP contribution is 2.17. The Morgan fingerprint density at radius 1 is 1.32 bits per heavy atom. The van der Waals surface area contributed by atoms with Gasteiger partial charge in [0.15, 0.2) is 0 Å². The largest absolute Gasteiger partial charge is 0.457 e. The van der Waals surface area contributed by atoms with Gasteiger partial charge in [0.2, 0.25) is 0 Å². The smallest absolute Gasteiger partial charge is 0.300 e. The van der Waals surface area contributed by atoms with E-state index in [0.717, 1.165) is 5.56 Å². The van der Waals surface area contributed by atoms with Crippen LogP contribution < -0.4 is 10.3 Å². The van der Waals surface area contributed by atoms with Crippen molar-refractivity contribution >= 4 is 0 Å². The van der Waals surface area contributed by atoms with E-state index in [1.807, 2.05) is 34.9 Å². The third-order valence-electron chi connectivity index (χ3n) is 2.94. The van der Waals surface area contributed by atoms with Gasteiger partial charge in [0.25, 0.3) is 11.6 Å². The fourth-order valence-electron chi connectivity index (χ4n) is 2.02. The number of fused-ring (bicyclic) bond motifs is 1. The molecule has 2 aromatic rings. The lowest BCUT2D eigenvalue weighted by Gasteiger charge is -2.09. The summed E-state index contributed by atoms with van der Waals surface area (Å²) in [5.74, 6) is 0. The Hall–Kier alpha value is -2.14. The van der Waals surface area contributed by atoms with E-state index in [-0.39, 0.29) is 11.7 Å². The molecular weight excluding hydrogens is 244 g/mol. The van der Waals surface area contributed by atoms with Crippen LogP contribution in [0.2, 0.25) is 0 Å². The molecular formula is C14H14N2O3. The van der Waals surface area contributed by atoms with Gasteiger partial charge in [-0.2, -0.15) is 4.98 Å². The van der Waals surface area contributed by atoms with Gasteiger partial charge < -0.3 is 9.47 Å². The highest BCUT2D eigenvalue weighted by atomic mass is 16.5. The fraction of sp³-hybridized carbons (Fsp3) is 0.286. The molecule has 0 fully saturated rings. The molecule has 0 radical (unpaired) electrons. The Bertz CT molecular complexity index is 610. The van der Waals surface area contributed by atoms with Crippen LogP contribution in [-0.2, 0) is 17.9 Å². The molecule has 3 rings (SSSR count). The van der Waals surface area contributed by atoms with Crippen molar-refractivity contribution in [1.29, 1.82) is 0 Å². The molecule has 5 nitrogen and oxygen atoms in total. The zero-order chi connectivity index (χ0) is 13.1. The van der Waals surface area contributed by atoms with Crippen LogP contribution in [0.25, 0.3) is 0 Å². The molecule has 1 aromatic heterocycles. The molecule has 1 unspecified atom stereocenters. The molecule has 19 heavy (non-hydrogen) atoms. The Morgan fingerprint density at radius 2 is 2.16 bits per heavy atom. The molecule has 0 saturated carbocycles. The van der Waals surface area contributed by atoms with E-state index in [1.165, 1.54) is 6.07 Å². The van der Waals surface area contributed by atoms with Gasteiger partial charge in [0.1, 0.15) is 6.10 Å². The normalized spacial score (nSPS) is 16.9. The lowest BCUT2D eigenvalue weighted by Crippen LogP contribution is -2.21. The van der Waals surface area contributed by atoms with Crippen molar-refractivity contribution in [3.05, 3.63) is 58.5 Å². The zero-order valence-electron chi connectivity index (χ0n) is 10.4. The highest BCUT2D eigenvalue weighted by Gasteiger charge is 2.22. The van der Waals surface area contributed by atoms with Crippen LogP contribution in [0.15, 0.2) is 47.4 Å². The summed E-state index contributed by atoms with van der Waals surface area (Å²) in [6.07, 6.45) is 1.61. The summed E-state index contributed by atoms with van der Waals surface area (Å²) in [5.41, 5.74) is 0.850. The van der Waals surface area contributed by atoms with Gasteiger partial charge in [-0.1, -0.05) is 30.3 Å². The molecule has 1 atom stereocenters. The third-order valence-corrected chi connectivity index (χ3v) is 2.94. The maximum atomic E-state index is 11.1. The first-order chi connectivity index (χ1) is 9.31. The van der Waals surface area contributed by atoms with Crippen LogP contribution in [0.4, 0.5) is 0 Å². The molecule has 0 aliphatic carbocycles. The summed E-state index contributed by atoms with van der Waals surface area (Å²) in [4.78, 5) is 14.9. The summed E-state index contributed by atoms with van der Waals surface area (Å²) in [6.45, 7) is 1.70. The van der Waals surface area contributed by atoms with Crippen molar-refractivity contribution in [1.82, 2.24) is 9.55 Å². The number of hydrogen-bond acceptors (Lipinski definition) is 4.